The number of hydrogen-bond donors (Lipinski definition) is 0. The Hall–Kier alpha value is -1.44. The molecule has 0 saturated carbocycles. The zero-order valence-corrected chi connectivity index (χ0v) is 16.9. The van der Waals surface area contributed by atoms with Crippen molar-refractivity contribution < 1.29 is 14.3 Å². The topological polar surface area (TPSA) is 53.1 Å². The lowest BCUT2D eigenvalue weighted by Gasteiger charge is -2.24. The second-order valence-electron chi connectivity index (χ2n) is 7.82. The van der Waals surface area contributed by atoms with E-state index in [1.165, 1.54) is 5.56 Å². The van der Waals surface area contributed by atoms with Crippen LogP contribution in [0.1, 0.15) is 18.4 Å². The molecule has 2 amide bonds. The molecule has 7 heteroatoms. The van der Waals surface area contributed by atoms with E-state index in [2.05, 4.69) is 21.7 Å². The molecule has 6 nitrogen and oxygen atoms in total. The maximum Gasteiger partial charge on any atom is 0.224 e. The first kappa shape index (κ1) is 19.3. The Balaban J connectivity index is 1.75. The SMILES string of the molecule is CN(C)C(=O)C[C@@H]1CN(Cc2ccsc2)[C@@H]2CO[C@@H](CC(=O)N(C)C)[C@H]12. The summed E-state index contributed by atoms with van der Waals surface area (Å²) in [6.45, 7) is 2.42. The van der Waals surface area contributed by atoms with Gasteiger partial charge in [-0.05, 0) is 28.3 Å². The van der Waals surface area contributed by atoms with Crippen LogP contribution in [-0.2, 0) is 20.9 Å². The van der Waals surface area contributed by atoms with E-state index in [1.54, 1.807) is 49.3 Å². The van der Waals surface area contributed by atoms with Crippen molar-refractivity contribution in [2.45, 2.75) is 31.5 Å². The van der Waals surface area contributed by atoms with Crippen molar-refractivity contribution in [3.8, 4) is 0 Å². The van der Waals surface area contributed by atoms with Crippen LogP contribution in [0.25, 0.3) is 0 Å². The molecule has 26 heavy (non-hydrogen) atoms. The fraction of sp³-hybridized carbons (Fsp3) is 0.684. The lowest BCUT2D eigenvalue weighted by atomic mass is 9.84. The predicted molar refractivity (Wildman–Crippen MR) is 102 cm³/mol. The van der Waals surface area contributed by atoms with Crippen molar-refractivity contribution in [2.75, 3.05) is 41.3 Å². The lowest BCUT2D eigenvalue weighted by molar-refractivity contribution is -0.131. The van der Waals surface area contributed by atoms with Crippen LogP contribution in [0.3, 0.4) is 0 Å². The van der Waals surface area contributed by atoms with Gasteiger partial charge in [0.25, 0.3) is 0 Å². The molecule has 1 aromatic rings. The van der Waals surface area contributed by atoms with Gasteiger partial charge in [-0.1, -0.05) is 0 Å². The van der Waals surface area contributed by atoms with Crippen LogP contribution in [0.5, 0.6) is 0 Å². The Morgan fingerprint density at radius 2 is 1.88 bits per heavy atom. The monoisotopic (exact) mass is 379 g/mol. The van der Waals surface area contributed by atoms with Crippen LogP contribution in [0, 0.1) is 11.8 Å². The molecule has 144 valence electrons. The number of carbonyl (C=O) groups excluding carboxylic acids is 2. The highest BCUT2D eigenvalue weighted by atomic mass is 32.1. The molecule has 0 N–H and O–H groups in total. The van der Waals surface area contributed by atoms with Crippen LogP contribution >= 0.6 is 11.3 Å². The third kappa shape index (κ3) is 4.10. The van der Waals surface area contributed by atoms with Crippen molar-refractivity contribution in [1.82, 2.24) is 14.7 Å². The predicted octanol–water partition coefficient (Wildman–Crippen LogP) is 1.52. The molecule has 2 saturated heterocycles. The minimum absolute atomic E-state index is 0.0876. The van der Waals surface area contributed by atoms with Crippen LogP contribution < -0.4 is 0 Å². The maximum absolute atomic E-state index is 12.3. The van der Waals surface area contributed by atoms with E-state index in [1.807, 2.05) is 0 Å². The minimum atomic E-state index is -0.0951. The first-order valence-corrected chi connectivity index (χ1v) is 10.1. The Labute approximate surface area is 159 Å². The van der Waals surface area contributed by atoms with Gasteiger partial charge >= 0.3 is 0 Å². The molecular weight excluding hydrogens is 350 g/mol. The number of nitrogens with zero attached hydrogens (tertiary/aromatic N) is 3. The van der Waals surface area contributed by atoms with Crippen LogP contribution in [0.4, 0.5) is 0 Å². The van der Waals surface area contributed by atoms with E-state index in [-0.39, 0.29) is 35.8 Å². The molecular formula is C19H29N3O3S. The maximum atomic E-state index is 12.3. The van der Waals surface area contributed by atoms with Gasteiger partial charge in [-0.2, -0.15) is 11.3 Å². The number of hydrogen-bond acceptors (Lipinski definition) is 5. The number of thiophene rings is 1. The average Bonchev–Trinajstić information content (AvgIpc) is 3.28. The first-order valence-electron chi connectivity index (χ1n) is 9.14. The molecule has 3 heterocycles. The summed E-state index contributed by atoms with van der Waals surface area (Å²) in [4.78, 5) is 30.3. The van der Waals surface area contributed by atoms with Gasteiger partial charge < -0.3 is 14.5 Å². The summed E-state index contributed by atoms with van der Waals surface area (Å²) in [6, 6.07) is 2.44. The molecule has 0 unspecified atom stereocenters. The van der Waals surface area contributed by atoms with Crippen molar-refractivity contribution in [2.24, 2.45) is 11.8 Å². The largest absolute Gasteiger partial charge is 0.376 e. The normalized spacial score (nSPS) is 28.2. The van der Waals surface area contributed by atoms with E-state index < -0.39 is 0 Å². The first-order chi connectivity index (χ1) is 12.4. The Morgan fingerprint density at radius 1 is 1.19 bits per heavy atom. The fourth-order valence-electron chi connectivity index (χ4n) is 4.17. The summed E-state index contributed by atoms with van der Waals surface area (Å²) >= 11 is 1.71. The zero-order chi connectivity index (χ0) is 18.8. The van der Waals surface area contributed by atoms with Crippen LogP contribution in [-0.4, -0.2) is 80.0 Å². The van der Waals surface area contributed by atoms with E-state index in [0.717, 1.165) is 13.1 Å². The average molecular weight is 380 g/mol. The number of carbonyl (C=O) groups is 2. The third-order valence-electron chi connectivity index (χ3n) is 5.61. The number of likely N-dealkylation sites (tertiary alicyclic amines) is 1. The fourth-order valence-corrected chi connectivity index (χ4v) is 4.83. The standard InChI is InChI=1S/C19H29N3O3S/c1-20(2)17(23)7-14-10-22(9-13-5-6-26-12-13)15-11-25-16(19(14)15)8-18(24)21(3)4/h5-6,12,14-16,19H,7-11H2,1-4H3/t14-,15-,16+,19-/m1/s1. The van der Waals surface area contributed by atoms with Gasteiger partial charge in [0.2, 0.25) is 11.8 Å². The zero-order valence-electron chi connectivity index (χ0n) is 16.1. The molecule has 0 aliphatic carbocycles. The van der Waals surface area contributed by atoms with Crippen LogP contribution in [0.15, 0.2) is 16.8 Å². The van der Waals surface area contributed by atoms with Gasteiger partial charge in [0.05, 0.1) is 19.1 Å². The smallest absolute Gasteiger partial charge is 0.224 e. The van der Waals surface area contributed by atoms with Gasteiger partial charge in [-0.3, -0.25) is 14.5 Å². The van der Waals surface area contributed by atoms with Gasteiger partial charge in [0.1, 0.15) is 0 Å². The summed E-state index contributed by atoms with van der Waals surface area (Å²) in [5.41, 5.74) is 1.31. The van der Waals surface area contributed by atoms with Crippen molar-refractivity contribution in [1.29, 1.82) is 0 Å². The summed E-state index contributed by atoms with van der Waals surface area (Å²) in [6.07, 6.45) is 0.819. The molecule has 0 aromatic carbocycles. The van der Waals surface area contributed by atoms with Gasteiger partial charge in [-0.25, -0.2) is 0 Å². The van der Waals surface area contributed by atoms with E-state index in [0.29, 0.717) is 19.4 Å². The summed E-state index contributed by atoms with van der Waals surface area (Å²) < 4.78 is 6.05. The molecule has 0 spiro atoms. The van der Waals surface area contributed by atoms with Crippen molar-refractivity contribution >= 4 is 23.2 Å². The van der Waals surface area contributed by atoms with Gasteiger partial charge in [0.15, 0.2) is 0 Å². The molecule has 1 aromatic heterocycles. The molecule has 0 radical (unpaired) electrons. The lowest BCUT2D eigenvalue weighted by Crippen LogP contribution is -2.35. The molecule has 4 atom stereocenters. The minimum Gasteiger partial charge on any atom is -0.376 e. The molecule has 3 rings (SSSR count). The number of rotatable bonds is 6. The number of fused-ring (bicyclic) bond motifs is 1. The second kappa shape index (κ2) is 8.06. The Morgan fingerprint density at radius 3 is 2.50 bits per heavy atom. The van der Waals surface area contributed by atoms with E-state index in [4.69, 9.17) is 4.74 Å². The Kier molecular flexibility index (Phi) is 5.99. The molecule has 2 aliphatic heterocycles. The summed E-state index contributed by atoms with van der Waals surface area (Å²) in [7, 11) is 7.16. The van der Waals surface area contributed by atoms with Crippen LogP contribution in [0.2, 0.25) is 0 Å². The van der Waals surface area contributed by atoms with Crippen molar-refractivity contribution in [3.05, 3.63) is 22.4 Å². The highest BCUT2D eigenvalue weighted by Crippen LogP contribution is 2.42. The number of ether oxygens (including phenoxy) is 1. The molecule has 0 bridgehead atoms. The summed E-state index contributed by atoms with van der Waals surface area (Å²) in [5, 5.41) is 4.27. The molecule has 2 aliphatic rings. The van der Waals surface area contributed by atoms with E-state index >= 15 is 0 Å². The Bertz CT molecular complexity index is 632. The van der Waals surface area contributed by atoms with Gasteiger partial charge in [-0.15, -0.1) is 0 Å². The highest BCUT2D eigenvalue weighted by Gasteiger charge is 2.51. The van der Waals surface area contributed by atoms with Crippen molar-refractivity contribution in [3.63, 3.8) is 0 Å². The second-order valence-corrected chi connectivity index (χ2v) is 8.60. The number of amides is 2. The van der Waals surface area contributed by atoms with Gasteiger partial charge in [0, 0.05) is 59.7 Å². The highest BCUT2D eigenvalue weighted by molar-refractivity contribution is 7.07. The molecule has 2 fully saturated rings. The summed E-state index contributed by atoms with van der Waals surface area (Å²) in [5.74, 6) is 0.706. The third-order valence-corrected chi connectivity index (χ3v) is 6.35. The quantitative estimate of drug-likeness (QED) is 0.752. The van der Waals surface area contributed by atoms with E-state index in [9.17, 15) is 9.59 Å².